The standard InChI is InChI=1S/C18H36N2S/c1-6-19-17-12-14(2)11-15(3)16(17)13-20-8-7-18(4,5)21-10-9-20/h14-17,19H,6-13H2,1-5H3. The van der Waals surface area contributed by atoms with Crippen molar-refractivity contribution in [3.05, 3.63) is 0 Å². The van der Waals surface area contributed by atoms with Crippen molar-refractivity contribution in [1.29, 1.82) is 0 Å². The van der Waals surface area contributed by atoms with E-state index in [2.05, 4.69) is 56.6 Å². The van der Waals surface area contributed by atoms with E-state index in [0.29, 0.717) is 4.75 Å². The number of nitrogens with one attached hydrogen (secondary N) is 1. The normalized spacial score (nSPS) is 38.1. The van der Waals surface area contributed by atoms with Crippen molar-refractivity contribution in [3.63, 3.8) is 0 Å². The summed E-state index contributed by atoms with van der Waals surface area (Å²) < 4.78 is 0.475. The first-order chi connectivity index (χ1) is 9.91. The summed E-state index contributed by atoms with van der Waals surface area (Å²) in [6.45, 7) is 17.0. The second kappa shape index (κ2) is 7.70. The lowest BCUT2D eigenvalue weighted by Crippen LogP contribution is -2.49. The third-order valence-corrected chi connectivity index (χ3v) is 6.92. The van der Waals surface area contributed by atoms with Gasteiger partial charge in [-0.3, -0.25) is 0 Å². The Morgan fingerprint density at radius 1 is 1.19 bits per heavy atom. The minimum atomic E-state index is 0.475. The summed E-state index contributed by atoms with van der Waals surface area (Å²) in [5, 5.41) is 3.78. The molecule has 21 heavy (non-hydrogen) atoms. The highest BCUT2D eigenvalue weighted by molar-refractivity contribution is 8.00. The molecule has 4 unspecified atom stereocenters. The Hall–Kier alpha value is 0.270. The van der Waals surface area contributed by atoms with Crippen molar-refractivity contribution < 1.29 is 0 Å². The van der Waals surface area contributed by atoms with Crippen LogP contribution in [0.4, 0.5) is 0 Å². The van der Waals surface area contributed by atoms with E-state index in [-0.39, 0.29) is 0 Å². The zero-order chi connectivity index (χ0) is 15.5. The van der Waals surface area contributed by atoms with E-state index in [1.165, 1.54) is 44.6 Å². The number of hydrogen-bond acceptors (Lipinski definition) is 3. The van der Waals surface area contributed by atoms with Gasteiger partial charge in [-0.1, -0.05) is 34.6 Å². The van der Waals surface area contributed by atoms with Crippen LogP contribution in [0.1, 0.15) is 53.9 Å². The Kier molecular flexibility index (Phi) is 6.46. The van der Waals surface area contributed by atoms with E-state index in [9.17, 15) is 0 Å². The maximum Gasteiger partial charge on any atom is 0.0116 e. The van der Waals surface area contributed by atoms with Crippen LogP contribution in [-0.2, 0) is 0 Å². The average molecular weight is 313 g/mol. The summed E-state index contributed by atoms with van der Waals surface area (Å²) in [5.74, 6) is 3.89. The van der Waals surface area contributed by atoms with Crippen LogP contribution in [0.25, 0.3) is 0 Å². The summed E-state index contributed by atoms with van der Waals surface area (Å²) in [6.07, 6.45) is 4.12. The van der Waals surface area contributed by atoms with E-state index in [0.717, 1.165) is 30.3 Å². The molecule has 0 spiro atoms. The molecule has 1 aliphatic carbocycles. The zero-order valence-electron chi connectivity index (χ0n) is 14.8. The SMILES string of the molecule is CCNC1CC(C)CC(C)C1CN1CCSC(C)(C)CC1. The lowest BCUT2D eigenvalue weighted by molar-refractivity contribution is 0.104. The first-order valence-electron chi connectivity index (χ1n) is 9.01. The number of nitrogens with zero attached hydrogens (tertiary/aromatic N) is 1. The van der Waals surface area contributed by atoms with E-state index in [1.807, 2.05) is 0 Å². The fourth-order valence-electron chi connectivity index (χ4n) is 4.26. The van der Waals surface area contributed by atoms with E-state index in [4.69, 9.17) is 0 Å². The molecular weight excluding hydrogens is 276 g/mol. The van der Waals surface area contributed by atoms with Crippen LogP contribution in [0.5, 0.6) is 0 Å². The van der Waals surface area contributed by atoms with Crippen molar-refractivity contribution in [1.82, 2.24) is 10.2 Å². The smallest absolute Gasteiger partial charge is 0.0116 e. The summed E-state index contributed by atoms with van der Waals surface area (Å²) >= 11 is 2.16. The second-order valence-corrected chi connectivity index (χ2v) is 9.84. The first kappa shape index (κ1) is 17.6. The topological polar surface area (TPSA) is 15.3 Å². The molecule has 0 radical (unpaired) electrons. The van der Waals surface area contributed by atoms with Gasteiger partial charge in [0, 0.05) is 29.6 Å². The second-order valence-electron chi connectivity index (χ2n) is 8.04. The van der Waals surface area contributed by atoms with Gasteiger partial charge >= 0.3 is 0 Å². The highest BCUT2D eigenvalue weighted by Crippen LogP contribution is 2.36. The van der Waals surface area contributed by atoms with Crippen LogP contribution in [0.15, 0.2) is 0 Å². The number of rotatable bonds is 4. The predicted molar refractivity (Wildman–Crippen MR) is 96.1 cm³/mol. The molecular formula is C18H36N2S. The van der Waals surface area contributed by atoms with Gasteiger partial charge in [-0.05, 0) is 50.1 Å². The van der Waals surface area contributed by atoms with Gasteiger partial charge in [0.1, 0.15) is 0 Å². The number of thioether (sulfide) groups is 1. The Morgan fingerprint density at radius 3 is 2.67 bits per heavy atom. The van der Waals surface area contributed by atoms with Crippen molar-refractivity contribution in [2.75, 3.05) is 31.9 Å². The summed E-state index contributed by atoms with van der Waals surface area (Å²) in [5.41, 5.74) is 0. The minimum absolute atomic E-state index is 0.475. The van der Waals surface area contributed by atoms with Crippen molar-refractivity contribution in [3.8, 4) is 0 Å². The van der Waals surface area contributed by atoms with Gasteiger partial charge in [0.25, 0.3) is 0 Å². The average Bonchev–Trinajstić information content (AvgIpc) is 2.55. The van der Waals surface area contributed by atoms with Gasteiger partial charge in [0.2, 0.25) is 0 Å². The quantitative estimate of drug-likeness (QED) is 0.848. The fraction of sp³-hybridized carbons (Fsp3) is 1.00. The highest BCUT2D eigenvalue weighted by atomic mass is 32.2. The lowest BCUT2D eigenvalue weighted by atomic mass is 9.72. The molecule has 1 heterocycles. The van der Waals surface area contributed by atoms with E-state index in [1.54, 1.807) is 0 Å². The summed E-state index contributed by atoms with van der Waals surface area (Å²) in [7, 11) is 0. The van der Waals surface area contributed by atoms with Gasteiger partial charge in [0.05, 0.1) is 0 Å². The fourth-order valence-corrected chi connectivity index (χ4v) is 5.40. The molecule has 0 aromatic heterocycles. The van der Waals surface area contributed by atoms with Crippen LogP contribution in [0.3, 0.4) is 0 Å². The maximum atomic E-state index is 3.78. The van der Waals surface area contributed by atoms with Crippen LogP contribution >= 0.6 is 11.8 Å². The van der Waals surface area contributed by atoms with Crippen molar-refractivity contribution >= 4 is 11.8 Å². The largest absolute Gasteiger partial charge is 0.314 e. The third-order valence-electron chi connectivity index (χ3n) is 5.54. The minimum Gasteiger partial charge on any atom is -0.314 e. The van der Waals surface area contributed by atoms with Crippen LogP contribution in [-0.4, -0.2) is 47.6 Å². The molecule has 4 atom stereocenters. The maximum absolute atomic E-state index is 3.78. The molecule has 1 saturated carbocycles. The molecule has 2 nitrogen and oxygen atoms in total. The van der Waals surface area contributed by atoms with Crippen molar-refractivity contribution in [2.24, 2.45) is 17.8 Å². The highest BCUT2D eigenvalue weighted by Gasteiger charge is 2.35. The molecule has 1 saturated heterocycles. The van der Waals surface area contributed by atoms with Gasteiger partial charge in [-0.15, -0.1) is 0 Å². The Bertz CT molecular complexity index is 318. The lowest BCUT2D eigenvalue weighted by Gasteiger charge is -2.42. The summed E-state index contributed by atoms with van der Waals surface area (Å²) in [4.78, 5) is 2.75. The van der Waals surface area contributed by atoms with Crippen LogP contribution < -0.4 is 5.32 Å². The van der Waals surface area contributed by atoms with Gasteiger partial charge < -0.3 is 10.2 Å². The van der Waals surface area contributed by atoms with E-state index >= 15 is 0 Å². The van der Waals surface area contributed by atoms with Crippen LogP contribution in [0.2, 0.25) is 0 Å². The molecule has 0 aromatic carbocycles. The Balaban J connectivity index is 1.95. The van der Waals surface area contributed by atoms with Gasteiger partial charge in [0.15, 0.2) is 0 Å². The molecule has 0 amide bonds. The summed E-state index contributed by atoms with van der Waals surface area (Å²) in [6, 6.07) is 0.734. The number of hydrogen-bond donors (Lipinski definition) is 1. The monoisotopic (exact) mass is 312 g/mol. The molecule has 2 rings (SSSR count). The molecule has 1 N–H and O–H groups in total. The molecule has 124 valence electrons. The van der Waals surface area contributed by atoms with Gasteiger partial charge in [-0.25, -0.2) is 0 Å². The van der Waals surface area contributed by atoms with Gasteiger partial charge in [-0.2, -0.15) is 11.8 Å². The molecule has 2 aliphatic rings. The Labute approximate surface area is 136 Å². The van der Waals surface area contributed by atoms with Crippen molar-refractivity contribution in [2.45, 2.75) is 64.7 Å². The molecule has 1 aliphatic heterocycles. The van der Waals surface area contributed by atoms with Crippen LogP contribution in [0, 0.1) is 17.8 Å². The molecule has 0 aromatic rings. The predicted octanol–water partition coefficient (Wildman–Crippen LogP) is 3.86. The molecule has 0 bridgehead atoms. The molecule has 3 heteroatoms. The first-order valence-corrected chi connectivity index (χ1v) is 9.99. The Morgan fingerprint density at radius 2 is 1.95 bits per heavy atom. The van der Waals surface area contributed by atoms with E-state index < -0.39 is 0 Å². The zero-order valence-corrected chi connectivity index (χ0v) is 15.6. The third kappa shape index (κ3) is 5.14. The molecule has 2 fully saturated rings.